The normalized spacial score (nSPS) is 17.6. The molecule has 0 bridgehead atoms. The number of nitro benzene ring substituents is 1. The summed E-state index contributed by atoms with van der Waals surface area (Å²) in [6, 6.07) is 6.97. The fraction of sp³-hybridized carbons (Fsp3) is 0.417. The zero-order chi connectivity index (χ0) is 14.8. The average molecular weight is 295 g/mol. The molecule has 1 aliphatic heterocycles. The second-order valence-corrected chi connectivity index (χ2v) is 6.50. The van der Waals surface area contributed by atoms with Crippen LogP contribution < -0.4 is 0 Å². The lowest BCUT2D eigenvalue weighted by molar-refractivity contribution is -0.384. The van der Waals surface area contributed by atoms with Crippen molar-refractivity contribution in [2.24, 2.45) is 5.92 Å². The SMILES string of the molecule is N#CC1CCN(S(=O)(=O)c2ccc([N+](=O)[O-])cc2)CC1. The fourth-order valence-electron chi connectivity index (χ4n) is 2.11. The summed E-state index contributed by atoms with van der Waals surface area (Å²) in [4.78, 5) is 10.0. The average Bonchev–Trinajstić information content (AvgIpc) is 2.47. The number of piperidine rings is 1. The maximum Gasteiger partial charge on any atom is 0.269 e. The second kappa shape index (κ2) is 5.56. The Morgan fingerprint density at radius 1 is 1.25 bits per heavy atom. The summed E-state index contributed by atoms with van der Waals surface area (Å²) in [5, 5.41) is 19.3. The van der Waals surface area contributed by atoms with Gasteiger partial charge in [-0.2, -0.15) is 9.57 Å². The van der Waals surface area contributed by atoms with Gasteiger partial charge in [0.05, 0.1) is 15.9 Å². The Hall–Kier alpha value is -1.98. The minimum Gasteiger partial charge on any atom is -0.258 e. The zero-order valence-electron chi connectivity index (χ0n) is 10.6. The number of nitrogens with zero attached hydrogens (tertiary/aromatic N) is 3. The van der Waals surface area contributed by atoms with Crippen LogP contribution in [0, 0.1) is 27.4 Å². The van der Waals surface area contributed by atoms with Gasteiger partial charge in [0.15, 0.2) is 0 Å². The largest absolute Gasteiger partial charge is 0.269 e. The molecule has 0 unspecified atom stereocenters. The standard InChI is InChI=1S/C12H13N3O4S/c13-9-10-5-7-14(8-6-10)20(18,19)12-3-1-11(2-4-12)15(16)17/h1-4,10H,5-8H2. The van der Waals surface area contributed by atoms with Crippen LogP contribution in [0.1, 0.15) is 12.8 Å². The molecule has 7 nitrogen and oxygen atoms in total. The fourth-order valence-corrected chi connectivity index (χ4v) is 3.58. The lowest BCUT2D eigenvalue weighted by atomic mass is 10.0. The van der Waals surface area contributed by atoms with Gasteiger partial charge in [-0.3, -0.25) is 10.1 Å². The Labute approximate surface area is 116 Å². The van der Waals surface area contributed by atoms with Crippen molar-refractivity contribution in [3.8, 4) is 6.07 Å². The molecule has 0 radical (unpaired) electrons. The van der Waals surface area contributed by atoms with Gasteiger partial charge in [-0.15, -0.1) is 0 Å². The van der Waals surface area contributed by atoms with E-state index >= 15 is 0 Å². The van der Waals surface area contributed by atoms with Gasteiger partial charge in [0, 0.05) is 31.1 Å². The van der Waals surface area contributed by atoms with E-state index in [4.69, 9.17) is 5.26 Å². The Morgan fingerprint density at radius 2 is 1.80 bits per heavy atom. The number of hydrogen-bond acceptors (Lipinski definition) is 5. The monoisotopic (exact) mass is 295 g/mol. The third-order valence-corrected chi connectivity index (χ3v) is 5.23. The van der Waals surface area contributed by atoms with E-state index in [1.54, 1.807) is 0 Å². The first-order chi connectivity index (χ1) is 9.45. The van der Waals surface area contributed by atoms with Crippen LogP contribution in [0.25, 0.3) is 0 Å². The number of benzene rings is 1. The maximum atomic E-state index is 12.3. The lowest BCUT2D eigenvalue weighted by Crippen LogP contribution is -2.38. The third-order valence-electron chi connectivity index (χ3n) is 3.32. The minimum absolute atomic E-state index is 0.0403. The number of nitriles is 1. The molecule has 8 heteroatoms. The number of rotatable bonds is 3. The first-order valence-corrected chi connectivity index (χ1v) is 7.53. The molecule has 0 spiro atoms. The Balaban J connectivity index is 2.19. The molecule has 0 amide bonds. The van der Waals surface area contributed by atoms with E-state index in [9.17, 15) is 18.5 Å². The van der Waals surface area contributed by atoms with Gasteiger partial charge in [-0.05, 0) is 25.0 Å². The molecule has 0 aliphatic carbocycles. The highest BCUT2D eigenvalue weighted by molar-refractivity contribution is 7.89. The van der Waals surface area contributed by atoms with E-state index in [1.807, 2.05) is 0 Å². The minimum atomic E-state index is -3.63. The van der Waals surface area contributed by atoms with Crippen molar-refractivity contribution in [3.05, 3.63) is 34.4 Å². The van der Waals surface area contributed by atoms with Crippen molar-refractivity contribution >= 4 is 15.7 Å². The molecule has 0 N–H and O–H groups in total. The molecule has 2 rings (SSSR count). The van der Waals surface area contributed by atoms with Crippen LogP contribution in [0.15, 0.2) is 29.2 Å². The molecule has 1 heterocycles. The van der Waals surface area contributed by atoms with Crippen molar-refractivity contribution in [1.29, 1.82) is 5.26 Å². The predicted octanol–water partition coefficient (Wildman–Crippen LogP) is 1.52. The molecule has 106 valence electrons. The summed E-state index contributed by atoms with van der Waals surface area (Å²) in [7, 11) is -3.63. The Bertz CT molecular complexity index is 640. The molecule has 0 atom stereocenters. The summed E-state index contributed by atoms with van der Waals surface area (Å²) < 4.78 is 26.0. The van der Waals surface area contributed by atoms with Crippen LogP contribution in [0.3, 0.4) is 0 Å². The summed E-state index contributed by atoms with van der Waals surface area (Å²) in [6.45, 7) is 0.606. The smallest absolute Gasteiger partial charge is 0.258 e. The Morgan fingerprint density at radius 3 is 2.25 bits per heavy atom. The van der Waals surface area contributed by atoms with Crippen LogP contribution >= 0.6 is 0 Å². The van der Waals surface area contributed by atoms with Crippen LogP contribution in [-0.4, -0.2) is 30.7 Å². The second-order valence-electron chi connectivity index (χ2n) is 4.56. The van der Waals surface area contributed by atoms with E-state index in [-0.39, 0.29) is 16.5 Å². The van der Waals surface area contributed by atoms with Gasteiger partial charge in [0.25, 0.3) is 5.69 Å². The molecule has 1 saturated heterocycles. The lowest BCUT2D eigenvalue weighted by Gasteiger charge is -2.28. The van der Waals surface area contributed by atoms with E-state index in [2.05, 4.69) is 6.07 Å². The molecule has 1 aromatic carbocycles. The topological polar surface area (TPSA) is 104 Å². The van der Waals surface area contributed by atoms with Crippen LogP contribution in [-0.2, 0) is 10.0 Å². The molecule has 1 fully saturated rings. The predicted molar refractivity (Wildman–Crippen MR) is 70.2 cm³/mol. The van der Waals surface area contributed by atoms with Gasteiger partial charge in [0.2, 0.25) is 10.0 Å². The maximum absolute atomic E-state index is 12.3. The van der Waals surface area contributed by atoms with Crippen molar-refractivity contribution in [3.63, 3.8) is 0 Å². The van der Waals surface area contributed by atoms with E-state index < -0.39 is 14.9 Å². The molecule has 0 saturated carbocycles. The van der Waals surface area contributed by atoms with Crippen molar-refractivity contribution in [2.45, 2.75) is 17.7 Å². The molecule has 20 heavy (non-hydrogen) atoms. The van der Waals surface area contributed by atoms with Crippen molar-refractivity contribution in [1.82, 2.24) is 4.31 Å². The highest BCUT2D eigenvalue weighted by atomic mass is 32.2. The first kappa shape index (κ1) is 14.4. The van der Waals surface area contributed by atoms with Crippen LogP contribution in [0.2, 0.25) is 0 Å². The number of sulfonamides is 1. The summed E-state index contributed by atoms with van der Waals surface area (Å²) in [6.07, 6.45) is 1.03. The summed E-state index contributed by atoms with van der Waals surface area (Å²) >= 11 is 0. The highest BCUT2D eigenvalue weighted by Crippen LogP contribution is 2.24. The van der Waals surface area contributed by atoms with Gasteiger partial charge < -0.3 is 0 Å². The van der Waals surface area contributed by atoms with E-state index in [1.165, 1.54) is 28.6 Å². The number of hydrogen-bond donors (Lipinski definition) is 0. The first-order valence-electron chi connectivity index (χ1n) is 6.09. The zero-order valence-corrected chi connectivity index (χ0v) is 11.4. The van der Waals surface area contributed by atoms with E-state index in [0.717, 1.165) is 0 Å². The van der Waals surface area contributed by atoms with Crippen molar-refractivity contribution in [2.75, 3.05) is 13.1 Å². The Kier molecular flexibility index (Phi) is 4.01. The molecular formula is C12H13N3O4S. The highest BCUT2D eigenvalue weighted by Gasteiger charge is 2.29. The molecule has 1 aromatic rings. The van der Waals surface area contributed by atoms with Gasteiger partial charge in [0.1, 0.15) is 0 Å². The molecule has 1 aliphatic rings. The number of nitro groups is 1. The van der Waals surface area contributed by atoms with Crippen LogP contribution in [0.5, 0.6) is 0 Å². The van der Waals surface area contributed by atoms with E-state index in [0.29, 0.717) is 25.9 Å². The quantitative estimate of drug-likeness (QED) is 0.621. The van der Waals surface area contributed by atoms with Gasteiger partial charge >= 0.3 is 0 Å². The van der Waals surface area contributed by atoms with Crippen molar-refractivity contribution < 1.29 is 13.3 Å². The summed E-state index contributed by atoms with van der Waals surface area (Å²) in [5.41, 5.74) is -0.146. The van der Waals surface area contributed by atoms with Crippen LogP contribution in [0.4, 0.5) is 5.69 Å². The molecule has 0 aromatic heterocycles. The number of non-ortho nitro benzene ring substituents is 1. The third kappa shape index (κ3) is 2.79. The van der Waals surface area contributed by atoms with Gasteiger partial charge in [-0.1, -0.05) is 0 Å². The molecular weight excluding hydrogens is 282 g/mol. The van der Waals surface area contributed by atoms with Gasteiger partial charge in [-0.25, -0.2) is 8.42 Å². The summed E-state index contributed by atoms with van der Waals surface area (Å²) in [5.74, 6) is -0.0988.